The normalized spacial score (nSPS) is 9.93. The quantitative estimate of drug-likeness (QED) is 0.695. The Hall–Kier alpha value is -3.92. The lowest BCUT2D eigenvalue weighted by Gasteiger charge is -2.09. The summed E-state index contributed by atoms with van der Waals surface area (Å²) in [5.74, 6) is 0.887. The zero-order valence-electron chi connectivity index (χ0n) is 14.6. The van der Waals surface area contributed by atoms with Crippen molar-refractivity contribution < 1.29 is 9.53 Å². The number of rotatable bonds is 6. The number of anilines is 3. The Bertz CT molecular complexity index is 980. The third kappa shape index (κ3) is 4.80. The van der Waals surface area contributed by atoms with Crippen molar-refractivity contribution in [3.63, 3.8) is 0 Å². The zero-order valence-corrected chi connectivity index (χ0v) is 14.6. The molecule has 134 valence electrons. The summed E-state index contributed by atoms with van der Waals surface area (Å²) >= 11 is 0. The van der Waals surface area contributed by atoms with Gasteiger partial charge in [-0.2, -0.15) is 5.26 Å². The molecule has 2 aromatic carbocycles. The number of ether oxygens (including phenoxy) is 1. The third-order valence-electron chi connectivity index (χ3n) is 3.59. The van der Waals surface area contributed by atoms with Crippen LogP contribution in [0, 0.1) is 11.3 Å². The van der Waals surface area contributed by atoms with Crippen molar-refractivity contribution >= 4 is 23.1 Å². The summed E-state index contributed by atoms with van der Waals surface area (Å²) in [5, 5.41) is 14.8. The van der Waals surface area contributed by atoms with Gasteiger partial charge in [0.15, 0.2) is 0 Å². The monoisotopic (exact) mass is 359 g/mol. The number of hydrogen-bond acceptors (Lipinski definition) is 6. The van der Waals surface area contributed by atoms with E-state index in [0.29, 0.717) is 23.7 Å². The van der Waals surface area contributed by atoms with Gasteiger partial charge in [0, 0.05) is 17.4 Å². The van der Waals surface area contributed by atoms with E-state index in [1.807, 2.05) is 37.3 Å². The van der Waals surface area contributed by atoms with Crippen LogP contribution in [0.25, 0.3) is 0 Å². The number of aromatic nitrogens is 2. The van der Waals surface area contributed by atoms with Crippen LogP contribution in [-0.4, -0.2) is 22.5 Å². The zero-order chi connectivity index (χ0) is 19.1. The number of carbonyl (C=O) groups excluding carboxylic acids is 1. The smallest absolute Gasteiger partial charge is 0.274 e. The first-order valence-corrected chi connectivity index (χ1v) is 8.31. The fourth-order valence-electron chi connectivity index (χ4n) is 2.36. The molecule has 0 saturated heterocycles. The molecule has 0 bridgehead atoms. The maximum absolute atomic E-state index is 12.4. The van der Waals surface area contributed by atoms with Gasteiger partial charge in [0.25, 0.3) is 5.91 Å². The number of nitriles is 1. The first-order chi connectivity index (χ1) is 13.2. The maximum atomic E-state index is 12.4. The van der Waals surface area contributed by atoms with Crippen LogP contribution in [0.3, 0.4) is 0 Å². The predicted molar refractivity (Wildman–Crippen MR) is 102 cm³/mol. The minimum absolute atomic E-state index is 0.209. The van der Waals surface area contributed by atoms with Gasteiger partial charge in [0.1, 0.15) is 23.6 Å². The van der Waals surface area contributed by atoms with Crippen LogP contribution in [-0.2, 0) is 0 Å². The van der Waals surface area contributed by atoms with Gasteiger partial charge in [0.2, 0.25) is 0 Å². The lowest BCUT2D eigenvalue weighted by molar-refractivity contribution is 0.102. The van der Waals surface area contributed by atoms with Crippen molar-refractivity contribution in [2.75, 3.05) is 17.2 Å². The molecule has 3 aromatic rings. The lowest BCUT2D eigenvalue weighted by atomic mass is 10.2. The first kappa shape index (κ1) is 17.9. The Labute approximate surface area is 156 Å². The molecular formula is C20H17N5O2. The van der Waals surface area contributed by atoms with Crippen LogP contribution < -0.4 is 15.4 Å². The minimum atomic E-state index is -0.387. The lowest BCUT2D eigenvalue weighted by Crippen LogP contribution is -2.14. The van der Waals surface area contributed by atoms with Crippen molar-refractivity contribution in [2.24, 2.45) is 0 Å². The van der Waals surface area contributed by atoms with E-state index in [9.17, 15) is 4.79 Å². The average Bonchev–Trinajstić information content (AvgIpc) is 2.70. The first-order valence-electron chi connectivity index (χ1n) is 8.31. The van der Waals surface area contributed by atoms with E-state index in [1.165, 1.54) is 6.33 Å². The molecule has 0 aliphatic carbocycles. The maximum Gasteiger partial charge on any atom is 0.274 e. The molecule has 0 unspecified atom stereocenters. The van der Waals surface area contributed by atoms with Crippen LogP contribution in [0.2, 0.25) is 0 Å². The molecule has 7 heteroatoms. The summed E-state index contributed by atoms with van der Waals surface area (Å²) in [6, 6.07) is 17.7. The Kier molecular flexibility index (Phi) is 5.60. The number of benzene rings is 2. The SMILES string of the molecule is CCOc1ccc(Nc2cc(C(=O)Nc3cccc(C#N)c3)ncn2)cc1. The summed E-state index contributed by atoms with van der Waals surface area (Å²) in [7, 11) is 0. The van der Waals surface area contributed by atoms with Crippen LogP contribution in [0.15, 0.2) is 60.9 Å². The fraction of sp³-hybridized carbons (Fsp3) is 0.100. The van der Waals surface area contributed by atoms with Crippen molar-refractivity contribution in [2.45, 2.75) is 6.92 Å². The topological polar surface area (TPSA) is 99.9 Å². The largest absolute Gasteiger partial charge is 0.494 e. The van der Waals surface area contributed by atoms with Gasteiger partial charge >= 0.3 is 0 Å². The molecule has 1 amide bonds. The Morgan fingerprint density at radius 1 is 1.11 bits per heavy atom. The molecule has 0 aliphatic rings. The highest BCUT2D eigenvalue weighted by Gasteiger charge is 2.10. The Morgan fingerprint density at radius 2 is 1.93 bits per heavy atom. The molecule has 0 radical (unpaired) electrons. The second kappa shape index (κ2) is 8.45. The summed E-state index contributed by atoms with van der Waals surface area (Å²) in [5.41, 5.74) is 2.01. The molecule has 1 heterocycles. The van der Waals surface area contributed by atoms with Gasteiger partial charge in [-0.3, -0.25) is 4.79 Å². The molecule has 0 spiro atoms. The van der Waals surface area contributed by atoms with Crippen LogP contribution in [0.1, 0.15) is 23.0 Å². The van der Waals surface area contributed by atoms with Crippen molar-refractivity contribution in [3.8, 4) is 11.8 Å². The Balaban J connectivity index is 1.70. The summed E-state index contributed by atoms with van der Waals surface area (Å²) in [6.45, 7) is 2.53. The van der Waals surface area contributed by atoms with Gasteiger partial charge in [-0.05, 0) is 49.4 Å². The van der Waals surface area contributed by atoms with Crippen molar-refractivity contribution in [1.82, 2.24) is 9.97 Å². The van der Waals surface area contributed by atoms with E-state index in [0.717, 1.165) is 11.4 Å². The van der Waals surface area contributed by atoms with Gasteiger partial charge < -0.3 is 15.4 Å². The molecule has 27 heavy (non-hydrogen) atoms. The molecular weight excluding hydrogens is 342 g/mol. The highest BCUT2D eigenvalue weighted by atomic mass is 16.5. The molecule has 0 fully saturated rings. The molecule has 0 saturated carbocycles. The summed E-state index contributed by atoms with van der Waals surface area (Å²) in [6.07, 6.45) is 1.32. The van der Waals surface area contributed by atoms with Gasteiger partial charge in [0.05, 0.1) is 18.2 Å². The van der Waals surface area contributed by atoms with Crippen LogP contribution in [0.4, 0.5) is 17.2 Å². The number of nitrogens with one attached hydrogen (secondary N) is 2. The van der Waals surface area contributed by atoms with Crippen LogP contribution >= 0.6 is 0 Å². The van der Waals surface area contributed by atoms with E-state index in [4.69, 9.17) is 10.00 Å². The number of carbonyl (C=O) groups is 1. The second-order valence-electron chi connectivity index (χ2n) is 5.52. The number of nitrogens with zero attached hydrogens (tertiary/aromatic N) is 3. The molecule has 0 atom stereocenters. The molecule has 2 N–H and O–H groups in total. The third-order valence-corrected chi connectivity index (χ3v) is 3.59. The van der Waals surface area contributed by atoms with Crippen molar-refractivity contribution in [3.05, 3.63) is 72.2 Å². The van der Waals surface area contributed by atoms with E-state index < -0.39 is 0 Å². The molecule has 1 aromatic heterocycles. The molecule has 3 rings (SSSR count). The number of amides is 1. The van der Waals surface area contributed by atoms with Gasteiger partial charge in [-0.1, -0.05) is 6.07 Å². The van der Waals surface area contributed by atoms with E-state index in [-0.39, 0.29) is 11.6 Å². The fourth-order valence-corrected chi connectivity index (χ4v) is 2.36. The minimum Gasteiger partial charge on any atom is -0.494 e. The van der Waals surface area contributed by atoms with E-state index in [1.54, 1.807) is 30.3 Å². The van der Waals surface area contributed by atoms with Gasteiger partial charge in [-0.15, -0.1) is 0 Å². The van der Waals surface area contributed by atoms with Crippen LogP contribution in [0.5, 0.6) is 5.75 Å². The van der Waals surface area contributed by atoms with Gasteiger partial charge in [-0.25, -0.2) is 9.97 Å². The molecule has 7 nitrogen and oxygen atoms in total. The standard InChI is InChI=1S/C20H17N5O2/c1-2-27-17-8-6-15(7-9-17)24-19-11-18(22-13-23-19)20(26)25-16-5-3-4-14(10-16)12-21/h3-11,13H,2H2,1H3,(H,25,26)(H,22,23,24). The van der Waals surface area contributed by atoms with E-state index in [2.05, 4.69) is 20.6 Å². The van der Waals surface area contributed by atoms with Crippen molar-refractivity contribution in [1.29, 1.82) is 5.26 Å². The van der Waals surface area contributed by atoms with E-state index >= 15 is 0 Å². The summed E-state index contributed by atoms with van der Waals surface area (Å²) < 4.78 is 5.41. The second-order valence-corrected chi connectivity index (χ2v) is 5.52. The average molecular weight is 359 g/mol. The highest BCUT2D eigenvalue weighted by Crippen LogP contribution is 2.19. The summed E-state index contributed by atoms with van der Waals surface area (Å²) in [4.78, 5) is 20.6. The Morgan fingerprint density at radius 3 is 2.67 bits per heavy atom. The predicted octanol–water partition coefficient (Wildman–Crippen LogP) is 3.74. The highest BCUT2D eigenvalue weighted by molar-refractivity contribution is 6.03. The number of hydrogen-bond donors (Lipinski definition) is 2. The molecule has 0 aliphatic heterocycles.